The zero-order valence-corrected chi connectivity index (χ0v) is 15.3. The zero-order valence-electron chi connectivity index (χ0n) is 15.3. The molecule has 5 nitrogen and oxygen atoms in total. The van der Waals surface area contributed by atoms with Gasteiger partial charge < -0.3 is 9.64 Å². The Labute approximate surface area is 157 Å². The second-order valence-corrected chi connectivity index (χ2v) is 7.44. The van der Waals surface area contributed by atoms with Crippen LogP contribution in [0.25, 0.3) is 0 Å². The van der Waals surface area contributed by atoms with E-state index in [1.165, 1.54) is 4.90 Å². The molecule has 0 unspecified atom stereocenters. The molecule has 150 valence electrons. The van der Waals surface area contributed by atoms with Gasteiger partial charge in [-0.15, -0.1) is 0 Å². The topological polar surface area (TPSA) is 45.7 Å². The Morgan fingerprint density at radius 1 is 1.19 bits per heavy atom. The number of piperidine rings is 2. The molecule has 0 amide bonds. The SMILES string of the molecule is O=C(OCC1CCN(CC(F)(F)F)CC1)[C@@H]1CCCN(c2ccccn2)C1. The molecule has 2 saturated heterocycles. The van der Waals surface area contributed by atoms with Gasteiger partial charge in [-0.05, 0) is 56.8 Å². The second kappa shape index (κ2) is 8.91. The first-order valence-corrected chi connectivity index (χ1v) is 9.52. The molecule has 1 aromatic heterocycles. The molecule has 27 heavy (non-hydrogen) atoms. The van der Waals surface area contributed by atoms with Crippen LogP contribution in [0, 0.1) is 11.8 Å². The molecule has 2 fully saturated rings. The van der Waals surface area contributed by atoms with Crippen LogP contribution in [0.4, 0.5) is 19.0 Å². The van der Waals surface area contributed by atoms with Crippen molar-refractivity contribution < 1.29 is 22.7 Å². The number of likely N-dealkylation sites (tertiary alicyclic amines) is 1. The number of esters is 1. The molecular formula is C19H26F3N3O2. The average Bonchev–Trinajstić information content (AvgIpc) is 2.67. The van der Waals surface area contributed by atoms with Crippen LogP contribution >= 0.6 is 0 Å². The van der Waals surface area contributed by atoms with Gasteiger partial charge in [-0.1, -0.05) is 6.07 Å². The minimum atomic E-state index is -4.15. The van der Waals surface area contributed by atoms with E-state index in [9.17, 15) is 18.0 Å². The molecule has 8 heteroatoms. The fraction of sp³-hybridized carbons (Fsp3) is 0.684. The van der Waals surface area contributed by atoms with Crippen molar-refractivity contribution in [2.45, 2.75) is 31.9 Å². The number of aromatic nitrogens is 1. The highest BCUT2D eigenvalue weighted by Gasteiger charge is 2.33. The number of carbonyl (C=O) groups is 1. The van der Waals surface area contributed by atoms with Gasteiger partial charge in [-0.25, -0.2) is 4.98 Å². The third-order valence-electron chi connectivity index (χ3n) is 5.30. The predicted octanol–water partition coefficient (Wildman–Crippen LogP) is 3.12. The van der Waals surface area contributed by atoms with E-state index < -0.39 is 12.7 Å². The van der Waals surface area contributed by atoms with E-state index in [0.717, 1.165) is 25.2 Å². The number of alkyl halides is 3. The van der Waals surface area contributed by atoms with Crippen molar-refractivity contribution in [3.63, 3.8) is 0 Å². The maximum absolute atomic E-state index is 12.4. The zero-order chi connectivity index (χ0) is 19.3. The summed E-state index contributed by atoms with van der Waals surface area (Å²) in [5, 5.41) is 0. The van der Waals surface area contributed by atoms with Crippen LogP contribution in [-0.4, -0.2) is 61.4 Å². The molecule has 1 atom stereocenters. The number of anilines is 1. The summed E-state index contributed by atoms with van der Waals surface area (Å²) in [7, 11) is 0. The molecule has 0 bridgehead atoms. The highest BCUT2D eigenvalue weighted by molar-refractivity contribution is 5.73. The Bertz CT molecular complexity index is 604. The van der Waals surface area contributed by atoms with Crippen LogP contribution in [-0.2, 0) is 9.53 Å². The molecule has 3 rings (SSSR count). The second-order valence-electron chi connectivity index (χ2n) is 7.44. The molecule has 2 aliphatic rings. The van der Waals surface area contributed by atoms with Crippen molar-refractivity contribution in [2.24, 2.45) is 11.8 Å². The van der Waals surface area contributed by atoms with E-state index in [4.69, 9.17) is 4.74 Å². The number of hydrogen-bond donors (Lipinski definition) is 0. The largest absolute Gasteiger partial charge is 0.465 e. The monoisotopic (exact) mass is 385 g/mol. The third-order valence-corrected chi connectivity index (χ3v) is 5.30. The van der Waals surface area contributed by atoms with Gasteiger partial charge in [0.25, 0.3) is 0 Å². The minimum absolute atomic E-state index is 0.147. The normalized spacial score (nSPS) is 22.6. The maximum atomic E-state index is 12.4. The van der Waals surface area contributed by atoms with Crippen molar-refractivity contribution in [2.75, 3.05) is 44.2 Å². The fourth-order valence-corrected chi connectivity index (χ4v) is 3.80. The van der Waals surface area contributed by atoms with E-state index in [1.807, 2.05) is 18.2 Å². The first-order valence-electron chi connectivity index (χ1n) is 9.52. The quantitative estimate of drug-likeness (QED) is 0.729. The van der Waals surface area contributed by atoms with Gasteiger partial charge in [-0.3, -0.25) is 9.69 Å². The van der Waals surface area contributed by atoms with Crippen LogP contribution in [0.15, 0.2) is 24.4 Å². The summed E-state index contributed by atoms with van der Waals surface area (Å²) in [4.78, 5) is 20.3. The summed E-state index contributed by atoms with van der Waals surface area (Å²) in [6.07, 6.45) is 0.558. The number of halogens is 3. The Morgan fingerprint density at radius 2 is 1.96 bits per heavy atom. The van der Waals surface area contributed by atoms with E-state index in [0.29, 0.717) is 39.1 Å². The maximum Gasteiger partial charge on any atom is 0.401 e. The molecule has 0 N–H and O–H groups in total. The molecule has 0 saturated carbocycles. The summed E-state index contributed by atoms with van der Waals surface area (Å²) in [6.45, 7) is 1.72. The van der Waals surface area contributed by atoms with E-state index in [-0.39, 0.29) is 17.8 Å². The fourth-order valence-electron chi connectivity index (χ4n) is 3.80. The number of pyridine rings is 1. The van der Waals surface area contributed by atoms with E-state index in [1.54, 1.807) is 6.20 Å². The van der Waals surface area contributed by atoms with Crippen LogP contribution < -0.4 is 4.90 Å². The predicted molar refractivity (Wildman–Crippen MR) is 95.4 cm³/mol. The molecule has 3 heterocycles. The molecule has 0 aliphatic carbocycles. The van der Waals surface area contributed by atoms with Crippen molar-refractivity contribution >= 4 is 11.8 Å². The molecule has 1 aromatic rings. The van der Waals surface area contributed by atoms with E-state index in [2.05, 4.69) is 9.88 Å². The van der Waals surface area contributed by atoms with Crippen molar-refractivity contribution in [1.29, 1.82) is 0 Å². The lowest BCUT2D eigenvalue weighted by Gasteiger charge is -2.34. The summed E-state index contributed by atoms with van der Waals surface area (Å²) in [6, 6.07) is 5.72. The van der Waals surface area contributed by atoms with E-state index >= 15 is 0 Å². The number of nitrogens with zero attached hydrogens (tertiary/aromatic N) is 3. The lowest BCUT2D eigenvalue weighted by molar-refractivity contribution is -0.153. The number of carbonyl (C=O) groups excluding carboxylic acids is 1. The highest BCUT2D eigenvalue weighted by Crippen LogP contribution is 2.25. The molecule has 2 aliphatic heterocycles. The molecule has 0 aromatic carbocycles. The van der Waals surface area contributed by atoms with Gasteiger partial charge in [0.15, 0.2) is 0 Å². The van der Waals surface area contributed by atoms with Crippen LogP contribution in [0.3, 0.4) is 0 Å². The smallest absolute Gasteiger partial charge is 0.401 e. The third kappa shape index (κ3) is 6.09. The van der Waals surface area contributed by atoms with Crippen molar-refractivity contribution in [3.05, 3.63) is 24.4 Å². The number of rotatable bonds is 5. The number of ether oxygens (including phenoxy) is 1. The Morgan fingerprint density at radius 3 is 2.63 bits per heavy atom. The van der Waals surface area contributed by atoms with Crippen molar-refractivity contribution in [1.82, 2.24) is 9.88 Å². The minimum Gasteiger partial charge on any atom is -0.465 e. The Balaban J connectivity index is 1.41. The molecule has 0 spiro atoms. The van der Waals surface area contributed by atoms with Gasteiger partial charge in [-0.2, -0.15) is 13.2 Å². The Kier molecular flexibility index (Phi) is 6.57. The van der Waals surface area contributed by atoms with Gasteiger partial charge in [0.1, 0.15) is 5.82 Å². The van der Waals surface area contributed by atoms with Crippen molar-refractivity contribution in [3.8, 4) is 0 Å². The van der Waals surface area contributed by atoms with Gasteiger partial charge in [0, 0.05) is 19.3 Å². The summed E-state index contributed by atoms with van der Waals surface area (Å²) in [5.41, 5.74) is 0. The summed E-state index contributed by atoms with van der Waals surface area (Å²) < 4.78 is 42.8. The average molecular weight is 385 g/mol. The van der Waals surface area contributed by atoms with Crippen LogP contribution in [0.5, 0.6) is 0 Å². The Hall–Kier alpha value is -1.83. The lowest BCUT2D eigenvalue weighted by Crippen LogP contribution is -2.42. The van der Waals surface area contributed by atoms with Crippen LogP contribution in [0.1, 0.15) is 25.7 Å². The highest BCUT2D eigenvalue weighted by atomic mass is 19.4. The standard InChI is InChI=1S/C19H26F3N3O2/c20-19(21,22)14-24-10-6-15(7-11-24)13-27-18(26)16-4-3-9-25(12-16)17-5-1-2-8-23-17/h1-2,5,8,15-16H,3-4,6-7,9-14H2/t16-/m1/s1. The first-order chi connectivity index (χ1) is 12.9. The molecule has 0 radical (unpaired) electrons. The summed E-state index contributed by atoms with van der Waals surface area (Å²) >= 11 is 0. The first kappa shape index (κ1) is 19.9. The van der Waals surface area contributed by atoms with Gasteiger partial charge in [0.2, 0.25) is 0 Å². The molecular weight excluding hydrogens is 359 g/mol. The lowest BCUT2D eigenvalue weighted by atomic mass is 9.96. The summed E-state index contributed by atoms with van der Waals surface area (Å²) in [5.74, 6) is 0.639. The van der Waals surface area contributed by atoms with Gasteiger partial charge in [0.05, 0.1) is 19.1 Å². The van der Waals surface area contributed by atoms with Crippen LogP contribution in [0.2, 0.25) is 0 Å². The van der Waals surface area contributed by atoms with Gasteiger partial charge >= 0.3 is 12.1 Å². The number of hydrogen-bond acceptors (Lipinski definition) is 5.